The summed E-state index contributed by atoms with van der Waals surface area (Å²) in [5, 5.41) is 17.2. The van der Waals surface area contributed by atoms with Crippen LogP contribution in [0.15, 0.2) is 107 Å². The van der Waals surface area contributed by atoms with Gasteiger partial charge in [0.05, 0.1) is 9.79 Å². The highest BCUT2D eigenvalue weighted by Gasteiger charge is 2.18. The standard InChI is InChI=1S/C26H16N2O6S/c27-17-31-21-3-1-5-23(15-21)33-19-7-11-25(12-8-19)35(29,30)26-13-9-20(10-14-26)34-24-6-2-4-22(16-24)32-18-28/h1-16H. The van der Waals surface area contributed by atoms with Crippen LogP contribution in [0.5, 0.6) is 34.5 Å². The van der Waals surface area contributed by atoms with Crippen molar-refractivity contribution in [3.63, 3.8) is 0 Å². The van der Waals surface area contributed by atoms with Crippen LogP contribution in [-0.2, 0) is 9.84 Å². The van der Waals surface area contributed by atoms with E-state index in [1.165, 1.54) is 24.3 Å². The van der Waals surface area contributed by atoms with Crippen LogP contribution in [0.4, 0.5) is 0 Å². The zero-order chi connectivity index (χ0) is 24.7. The van der Waals surface area contributed by atoms with Crippen molar-refractivity contribution in [1.82, 2.24) is 0 Å². The van der Waals surface area contributed by atoms with E-state index in [0.29, 0.717) is 34.5 Å². The Kier molecular flexibility index (Phi) is 6.82. The van der Waals surface area contributed by atoms with E-state index in [1.54, 1.807) is 85.3 Å². The Bertz CT molecular complexity index is 1410. The zero-order valence-electron chi connectivity index (χ0n) is 18.0. The molecule has 0 bridgehead atoms. The van der Waals surface area contributed by atoms with Gasteiger partial charge >= 0.3 is 0 Å². The van der Waals surface area contributed by atoms with Crippen LogP contribution >= 0.6 is 0 Å². The Labute approximate surface area is 201 Å². The van der Waals surface area contributed by atoms with Gasteiger partial charge < -0.3 is 18.9 Å². The van der Waals surface area contributed by atoms with Crippen molar-refractivity contribution in [2.24, 2.45) is 0 Å². The SMILES string of the molecule is N#COc1cccc(Oc2ccc(S(=O)(=O)c3ccc(Oc4cccc(OC#N)c4)cc3)cc2)c1. The number of sulfone groups is 1. The van der Waals surface area contributed by atoms with E-state index in [2.05, 4.69) is 0 Å². The Morgan fingerprint density at radius 2 is 0.886 bits per heavy atom. The molecule has 8 nitrogen and oxygen atoms in total. The van der Waals surface area contributed by atoms with Gasteiger partial charge in [-0.3, -0.25) is 0 Å². The Morgan fingerprint density at radius 1 is 0.514 bits per heavy atom. The van der Waals surface area contributed by atoms with Crippen LogP contribution in [0.25, 0.3) is 0 Å². The van der Waals surface area contributed by atoms with Crippen LogP contribution in [0.1, 0.15) is 0 Å². The molecule has 0 heterocycles. The van der Waals surface area contributed by atoms with E-state index >= 15 is 0 Å². The maximum atomic E-state index is 13.0. The summed E-state index contributed by atoms with van der Waals surface area (Å²) in [5.74, 6) is 2.39. The van der Waals surface area contributed by atoms with Gasteiger partial charge in [-0.05, 0) is 72.8 Å². The number of ether oxygens (including phenoxy) is 4. The Hall–Kier alpha value is -4.99. The molecule has 0 fully saturated rings. The fourth-order valence-corrected chi connectivity index (χ4v) is 4.35. The smallest absolute Gasteiger partial charge is 0.292 e. The summed E-state index contributed by atoms with van der Waals surface area (Å²) in [4.78, 5) is 0.197. The molecule has 0 atom stereocenters. The molecule has 9 heteroatoms. The highest BCUT2D eigenvalue weighted by Crippen LogP contribution is 2.30. The number of nitriles is 2. The molecule has 0 radical (unpaired) electrons. The first-order valence-electron chi connectivity index (χ1n) is 10.1. The molecular weight excluding hydrogens is 468 g/mol. The minimum absolute atomic E-state index is 0.0986. The van der Waals surface area contributed by atoms with Gasteiger partial charge in [-0.25, -0.2) is 8.42 Å². The summed E-state index contributed by atoms with van der Waals surface area (Å²) >= 11 is 0. The van der Waals surface area contributed by atoms with Crippen LogP contribution in [0.3, 0.4) is 0 Å². The normalized spacial score (nSPS) is 10.5. The largest absolute Gasteiger partial charge is 0.457 e. The summed E-state index contributed by atoms with van der Waals surface area (Å²) in [6, 6.07) is 25.0. The van der Waals surface area contributed by atoms with Gasteiger partial charge in [-0.15, -0.1) is 10.5 Å². The van der Waals surface area contributed by atoms with Gasteiger partial charge in [0.25, 0.3) is 12.5 Å². The molecule has 0 amide bonds. The van der Waals surface area contributed by atoms with E-state index in [4.69, 9.17) is 29.5 Å². The minimum Gasteiger partial charge on any atom is -0.457 e. The second-order valence-corrected chi connectivity index (χ2v) is 8.94. The average Bonchev–Trinajstić information content (AvgIpc) is 2.86. The first kappa shape index (κ1) is 23.2. The maximum Gasteiger partial charge on any atom is 0.292 e. The zero-order valence-corrected chi connectivity index (χ0v) is 18.8. The van der Waals surface area contributed by atoms with E-state index in [-0.39, 0.29) is 9.79 Å². The van der Waals surface area contributed by atoms with Crippen molar-refractivity contribution in [1.29, 1.82) is 10.5 Å². The van der Waals surface area contributed by atoms with Crippen LogP contribution in [0, 0.1) is 23.0 Å². The summed E-state index contributed by atoms with van der Waals surface area (Å²) in [6.07, 6.45) is 3.18. The van der Waals surface area contributed by atoms with Gasteiger partial charge in [0.1, 0.15) is 34.5 Å². The Balaban J connectivity index is 1.46. The fourth-order valence-electron chi connectivity index (χ4n) is 3.09. The lowest BCUT2D eigenvalue weighted by molar-refractivity contribution is 0.468. The molecule has 0 aliphatic carbocycles. The predicted molar refractivity (Wildman–Crippen MR) is 124 cm³/mol. The molecule has 0 aliphatic rings. The maximum absolute atomic E-state index is 13.0. The van der Waals surface area contributed by atoms with Crippen molar-refractivity contribution < 1.29 is 27.4 Å². The van der Waals surface area contributed by atoms with E-state index in [9.17, 15) is 8.42 Å². The molecule has 0 saturated carbocycles. The molecule has 0 spiro atoms. The summed E-state index contributed by atoms with van der Waals surface area (Å²) < 4.78 is 47.0. The van der Waals surface area contributed by atoms with Gasteiger partial charge in [-0.1, -0.05) is 12.1 Å². The third kappa shape index (κ3) is 5.69. The van der Waals surface area contributed by atoms with E-state index in [1.807, 2.05) is 0 Å². The van der Waals surface area contributed by atoms with Gasteiger partial charge in [0, 0.05) is 12.1 Å². The van der Waals surface area contributed by atoms with Crippen LogP contribution in [-0.4, -0.2) is 8.42 Å². The molecule has 0 aliphatic heterocycles. The third-order valence-electron chi connectivity index (χ3n) is 4.68. The first-order valence-corrected chi connectivity index (χ1v) is 11.6. The lowest BCUT2D eigenvalue weighted by Gasteiger charge is -2.10. The summed E-state index contributed by atoms with van der Waals surface area (Å²) in [7, 11) is -3.77. The highest BCUT2D eigenvalue weighted by atomic mass is 32.2. The van der Waals surface area contributed by atoms with Gasteiger partial charge in [0.15, 0.2) is 0 Å². The average molecular weight is 484 g/mol. The quantitative estimate of drug-likeness (QED) is 0.287. The second kappa shape index (κ2) is 10.3. The van der Waals surface area contributed by atoms with Crippen molar-refractivity contribution in [3.05, 3.63) is 97.1 Å². The van der Waals surface area contributed by atoms with Crippen molar-refractivity contribution in [3.8, 4) is 47.0 Å². The van der Waals surface area contributed by atoms with Crippen LogP contribution < -0.4 is 18.9 Å². The molecular formula is C26H16N2O6S. The molecule has 0 aromatic heterocycles. The molecule has 172 valence electrons. The van der Waals surface area contributed by atoms with E-state index in [0.717, 1.165) is 0 Å². The molecule has 0 saturated heterocycles. The molecule has 35 heavy (non-hydrogen) atoms. The number of hydrogen-bond donors (Lipinski definition) is 0. The number of hydrogen-bond acceptors (Lipinski definition) is 8. The molecule has 4 aromatic rings. The van der Waals surface area contributed by atoms with Crippen molar-refractivity contribution in [2.45, 2.75) is 9.79 Å². The monoisotopic (exact) mass is 484 g/mol. The first-order chi connectivity index (χ1) is 17.0. The number of rotatable bonds is 8. The van der Waals surface area contributed by atoms with Gasteiger partial charge in [-0.2, -0.15) is 0 Å². The third-order valence-corrected chi connectivity index (χ3v) is 6.46. The number of benzene rings is 4. The van der Waals surface area contributed by atoms with E-state index < -0.39 is 9.84 Å². The van der Waals surface area contributed by atoms with Crippen molar-refractivity contribution in [2.75, 3.05) is 0 Å². The molecule has 4 rings (SSSR count). The predicted octanol–water partition coefficient (Wildman–Crippen LogP) is 5.82. The second-order valence-electron chi connectivity index (χ2n) is 6.99. The molecule has 0 N–H and O–H groups in total. The lowest BCUT2D eigenvalue weighted by atomic mass is 10.3. The Morgan fingerprint density at radius 3 is 1.26 bits per heavy atom. The fraction of sp³-hybridized carbons (Fsp3) is 0. The lowest BCUT2D eigenvalue weighted by Crippen LogP contribution is -2.01. The topological polar surface area (TPSA) is 119 Å². The molecule has 4 aromatic carbocycles. The van der Waals surface area contributed by atoms with Crippen molar-refractivity contribution >= 4 is 9.84 Å². The minimum atomic E-state index is -3.77. The summed E-state index contributed by atoms with van der Waals surface area (Å²) in [6.45, 7) is 0. The molecule has 0 unspecified atom stereocenters. The van der Waals surface area contributed by atoms with Gasteiger partial charge in [0.2, 0.25) is 9.84 Å². The highest BCUT2D eigenvalue weighted by molar-refractivity contribution is 7.91. The summed E-state index contributed by atoms with van der Waals surface area (Å²) in [5.41, 5.74) is 0. The number of nitrogens with zero attached hydrogens (tertiary/aromatic N) is 2. The van der Waals surface area contributed by atoms with Crippen LogP contribution in [0.2, 0.25) is 0 Å².